The van der Waals surface area contributed by atoms with Gasteiger partial charge >= 0.3 is 0 Å². The Morgan fingerprint density at radius 1 is 1.04 bits per heavy atom. The zero-order valence-corrected chi connectivity index (χ0v) is 15.7. The van der Waals surface area contributed by atoms with Gasteiger partial charge in [0.25, 0.3) is 0 Å². The topological polar surface area (TPSA) is 69.6 Å². The first-order valence-electron chi connectivity index (χ1n) is 9.41. The molecular weight excluding hydrogens is 361 g/mol. The van der Waals surface area contributed by atoms with Crippen LogP contribution in [0.15, 0.2) is 36.4 Å². The summed E-state index contributed by atoms with van der Waals surface area (Å²) in [6.07, 6.45) is 0.194. The Labute approximate surface area is 162 Å². The number of piperazine rings is 1. The number of carbonyl (C=O) groups excluding carboxylic acids is 2. The minimum Gasteiger partial charge on any atom is -0.352 e. The van der Waals surface area contributed by atoms with Gasteiger partial charge in [0.05, 0.1) is 11.6 Å². The normalized spacial score (nSPS) is 20.0. The Balaban J connectivity index is 1.36. The number of carbonyl (C=O) groups is 2. The summed E-state index contributed by atoms with van der Waals surface area (Å²) in [5.41, 5.74) is 1.50. The van der Waals surface area contributed by atoms with Gasteiger partial charge in [-0.25, -0.2) is 4.39 Å². The SMILES string of the molecule is Cc1ccc(N2CCN(C(=O)C3CC(=O)N(c4ccc(F)cc4)C3)CC2)nn1. The third-order valence-corrected chi connectivity index (χ3v) is 5.31. The number of amides is 2. The second-order valence-corrected chi connectivity index (χ2v) is 7.23. The highest BCUT2D eigenvalue weighted by molar-refractivity contribution is 6.00. The Morgan fingerprint density at radius 3 is 2.39 bits per heavy atom. The van der Waals surface area contributed by atoms with E-state index in [1.165, 1.54) is 12.1 Å². The van der Waals surface area contributed by atoms with Crippen LogP contribution in [0.4, 0.5) is 15.9 Å². The van der Waals surface area contributed by atoms with Crippen molar-refractivity contribution in [2.45, 2.75) is 13.3 Å². The maximum atomic E-state index is 13.1. The van der Waals surface area contributed by atoms with Crippen molar-refractivity contribution >= 4 is 23.3 Å². The van der Waals surface area contributed by atoms with Crippen LogP contribution >= 0.6 is 0 Å². The summed E-state index contributed by atoms with van der Waals surface area (Å²) in [5.74, 6) is 0.0183. The van der Waals surface area contributed by atoms with Crippen LogP contribution in [0.5, 0.6) is 0 Å². The Morgan fingerprint density at radius 2 is 1.75 bits per heavy atom. The molecule has 4 rings (SSSR count). The molecule has 0 saturated carbocycles. The molecule has 1 atom stereocenters. The number of aryl methyl sites for hydroxylation is 1. The van der Waals surface area contributed by atoms with Crippen LogP contribution in [0, 0.1) is 18.7 Å². The fourth-order valence-corrected chi connectivity index (χ4v) is 3.72. The fraction of sp³-hybridized carbons (Fsp3) is 0.400. The molecular formula is C20H22FN5O2. The summed E-state index contributed by atoms with van der Waals surface area (Å²) >= 11 is 0. The quantitative estimate of drug-likeness (QED) is 0.806. The molecule has 0 radical (unpaired) electrons. The molecule has 2 fully saturated rings. The number of halogens is 1. The lowest BCUT2D eigenvalue weighted by molar-refractivity contribution is -0.136. The van der Waals surface area contributed by atoms with Gasteiger partial charge in [-0.05, 0) is 43.3 Å². The number of nitrogens with zero attached hydrogens (tertiary/aromatic N) is 5. The first kappa shape index (κ1) is 18.3. The summed E-state index contributed by atoms with van der Waals surface area (Å²) in [4.78, 5) is 30.8. The van der Waals surface area contributed by atoms with Gasteiger partial charge in [0, 0.05) is 44.8 Å². The molecule has 2 saturated heterocycles. The highest BCUT2D eigenvalue weighted by atomic mass is 19.1. The van der Waals surface area contributed by atoms with E-state index in [2.05, 4.69) is 15.1 Å². The predicted octanol–water partition coefficient (Wildman–Crippen LogP) is 1.63. The third kappa shape index (κ3) is 3.67. The smallest absolute Gasteiger partial charge is 0.228 e. The van der Waals surface area contributed by atoms with E-state index in [0.29, 0.717) is 38.4 Å². The monoisotopic (exact) mass is 383 g/mol. The van der Waals surface area contributed by atoms with Crippen molar-refractivity contribution in [2.24, 2.45) is 5.92 Å². The molecule has 3 heterocycles. The van der Waals surface area contributed by atoms with Crippen molar-refractivity contribution in [3.8, 4) is 0 Å². The predicted molar refractivity (Wildman–Crippen MR) is 102 cm³/mol. The maximum absolute atomic E-state index is 13.1. The van der Waals surface area contributed by atoms with Crippen LogP contribution in [0.2, 0.25) is 0 Å². The molecule has 8 heteroatoms. The third-order valence-electron chi connectivity index (χ3n) is 5.31. The first-order chi connectivity index (χ1) is 13.5. The van der Waals surface area contributed by atoms with E-state index in [1.54, 1.807) is 17.0 Å². The minimum absolute atomic E-state index is 0.00704. The van der Waals surface area contributed by atoms with Gasteiger partial charge < -0.3 is 14.7 Å². The molecule has 0 bridgehead atoms. The van der Waals surface area contributed by atoms with E-state index in [0.717, 1.165) is 11.5 Å². The van der Waals surface area contributed by atoms with Crippen molar-refractivity contribution < 1.29 is 14.0 Å². The largest absolute Gasteiger partial charge is 0.352 e. The van der Waals surface area contributed by atoms with Gasteiger partial charge in [-0.15, -0.1) is 5.10 Å². The van der Waals surface area contributed by atoms with E-state index in [9.17, 15) is 14.0 Å². The molecule has 2 aromatic rings. The van der Waals surface area contributed by atoms with E-state index in [1.807, 2.05) is 24.0 Å². The second-order valence-electron chi connectivity index (χ2n) is 7.23. The van der Waals surface area contributed by atoms with E-state index in [-0.39, 0.29) is 30.0 Å². The zero-order chi connectivity index (χ0) is 19.7. The lowest BCUT2D eigenvalue weighted by atomic mass is 10.1. The highest BCUT2D eigenvalue weighted by Gasteiger charge is 2.38. The van der Waals surface area contributed by atoms with Crippen LogP contribution in [-0.4, -0.2) is 59.6 Å². The summed E-state index contributed by atoms with van der Waals surface area (Å²) < 4.78 is 13.1. The standard InChI is InChI=1S/C20H22FN5O2/c1-14-2-7-18(23-22-14)24-8-10-25(11-9-24)20(28)15-12-19(27)26(13-15)17-5-3-16(21)4-6-17/h2-7,15H,8-13H2,1H3. The van der Waals surface area contributed by atoms with Crippen LogP contribution < -0.4 is 9.80 Å². The van der Waals surface area contributed by atoms with Crippen molar-refractivity contribution in [1.82, 2.24) is 15.1 Å². The van der Waals surface area contributed by atoms with Gasteiger partial charge in [0.1, 0.15) is 5.82 Å². The lowest BCUT2D eigenvalue weighted by Gasteiger charge is -2.36. The van der Waals surface area contributed by atoms with Gasteiger partial charge in [0.15, 0.2) is 5.82 Å². The molecule has 2 aliphatic heterocycles. The van der Waals surface area contributed by atoms with Crippen molar-refractivity contribution in [3.63, 3.8) is 0 Å². The molecule has 28 heavy (non-hydrogen) atoms. The van der Waals surface area contributed by atoms with Crippen LogP contribution in [0.25, 0.3) is 0 Å². The summed E-state index contributed by atoms with van der Waals surface area (Å²) in [7, 11) is 0. The zero-order valence-electron chi connectivity index (χ0n) is 15.7. The summed E-state index contributed by atoms with van der Waals surface area (Å²) in [5, 5.41) is 8.29. The molecule has 0 N–H and O–H groups in total. The van der Waals surface area contributed by atoms with Crippen LogP contribution in [-0.2, 0) is 9.59 Å². The van der Waals surface area contributed by atoms with Crippen molar-refractivity contribution in [3.05, 3.63) is 47.9 Å². The minimum atomic E-state index is -0.358. The number of aromatic nitrogens is 2. The second kappa shape index (κ2) is 7.53. The molecule has 146 valence electrons. The number of anilines is 2. The Kier molecular flexibility index (Phi) is 4.93. The number of rotatable bonds is 3. The number of benzene rings is 1. The Bertz CT molecular complexity index is 863. The highest BCUT2D eigenvalue weighted by Crippen LogP contribution is 2.27. The first-order valence-corrected chi connectivity index (χ1v) is 9.41. The van der Waals surface area contributed by atoms with Crippen molar-refractivity contribution in [1.29, 1.82) is 0 Å². The molecule has 0 spiro atoms. The van der Waals surface area contributed by atoms with E-state index >= 15 is 0 Å². The molecule has 1 aromatic carbocycles. The summed E-state index contributed by atoms with van der Waals surface area (Å²) in [6.45, 7) is 4.79. The number of hydrogen-bond acceptors (Lipinski definition) is 5. The molecule has 1 aromatic heterocycles. The van der Waals surface area contributed by atoms with E-state index < -0.39 is 0 Å². The molecule has 0 aliphatic carbocycles. The number of hydrogen-bond donors (Lipinski definition) is 0. The molecule has 7 nitrogen and oxygen atoms in total. The summed E-state index contributed by atoms with van der Waals surface area (Å²) in [6, 6.07) is 9.66. The molecule has 1 unspecified atom stereocenters. The van der Waals surface area contributed by atoms with Gasteiger partial charge in [-0.2, -0.15) is 5.10 Å². The van der Waals surface area contributed by atoms with E-state index in [4.69, 9.17) is 0 Å². The van der Waals surface area contributed by atoms with Gasteiger partial charge in [-0.1, -0.05) is 0 Å². The van der Waals surface area contributed by atoms with Crippen LogP contribution in [0.1, 0.15) is 12.1 Å². The average molecular weight is 383 g/mol. The average Bonchev–Trinajstić information content (AvgIpc) is 3.10. The fourth-order valence-electron chi connectivity index (χ4n) is 3.72. The van der Waals surface area contributed by atoms with Crippen LogP contribution in [0.3, 0.4) is 0 Å². The lowest BCUT2D eigenvalue weighted by Crippen LogP contribution is -2.51. The molecule has 2 amide bonds. The Hall–Kier alpha value is -3.03. The van der Waals surface area contributed by atoms with Gasteiger partial charge in [0.2, 0.25) is 11.8 Å². The molecule has 2 aliphatic rings. The van der Waals surface area contributed by atoms with Crippen molar-refractivity contribution in [2.75, 3.05) is 42.5 Å². The van der Waals surface area contributed by atoms with Gasteiger partial charge in [-0.3, -0.25) is 9.59 Å². The maximum Gasteiger partial charge on any atom is 0.228 e.